The highest BCUT2D eigenvalue weighted by Crippen LogP contribution is 2.30. The van der Waals surface area contributed by atoms with E-state index in [1.54, 1.807) is 30.3 Å². The quantitative estimate of drug-likeness (QED) is 0.472. The van der Waals surface area contributed by atoms with Gasteiger partial charge in [-0.3, -0.25) is 14.4 Å². The number of nitrogens with one attached hydrogen (secondary N) is 1. The minimum Gasteiger partial charge on any atom is -0.354 e. The van der Waals surface area contributed by atoms with E-state index in [1.807, 2.05) is 26.8 Å². The Bertz CT molecular complexity index is 1230. The van der Waals surface area contributed by atoms with Gasteiger partial charge in [-0.05, 0) is 42.5 Å². The Morgan fingerprint density at radius 2 is 1.75 bits per heavy atom. The molecule has 2 aromatic rings. The van der Waals surface area contributed by atoms with Crippen molar-refractivity contribution in [2.75, 3.05) is 13.1 Å². The normalized spacial score (nSPS) is 15.0. The molecule has 1 aliphatic heterocycles. The zero-order chi connectivity index (χ0) is 26.5. The van der Waals surface area contributed by atoms with Crippen molar-refractivity contribution in [1.29, 1.82) is 0 Å². The van der Waals surface area contributed by atoms with Gasteiger partial charge in [-0.15, -0.1) is 0 Å². The van der Waals surface area contributed by atoms with Crippen molar-refractivity contribution in [2.45, 2.75) is 57.5 Å². The monoisotopic (exact) mass is 533 g/mol. The molecule has 1 N–H and O–H groups in total. The maximum absolute atomic E-state index is 13.4. The lowest BCUT2D eigenvalue weighted by Crippen LogP contribution is -2.49. The van der Waals surface area contributed by atoms with Gasteiger partial charge in [0.05, 0.1) is 5.56 Å². The zero-order valence-electron chi connectivity index (χ0n) is 20.7. The Balaban J connectivity index is 1.75. The lowest BCUT2D eigenvalue weighted by molar-refractivity contribution is -0.141. The van der Waals surface area contributed by atoms with Gasteiger partial charge in [-0.25, -0.2) is 12.7 Å². The summed E-state index contributed by atoms with van der Waals surface area (Å²) in [6.45, 7) is 6.30. The van der Waals surface area contributed by atoms with Crippen molar-refractivity contribution < 1.29 is 22.8 Å². The minimum absolute atomic E-state index is 0.0189. The minimum atomic E-state index is -3.94. The molecule has 0 radical (unpaired) electrons. The highest BCUT2D eigenvalue weighted by atomic mass is 35.5. The molecule has 10 heteroatoms. The van der Waals surface area contributed by atoms with Gasteiger partial charge in [0.1, 0.15) is 10.9 Å². The molecule has 2 aromatic carbocycles. The molecule has 0 bridgehead atoms. The second-order valence-corrected chi connectivity index (χ2v) is 11.4. The van der Waals surface area contributed by atoms with Crippen LogP contribution in [0.5, 0.6) is 0 Å². The van der Waals surface area contributed by atoms with Gasteiger partial charge >= 0.3 is 0 Å². The van der Waals surface area contributed by atoms with E-state index in [0.29, 0.717) is 23.6 Å². The fourth-order valence-corrected chi connectivity index (χ4v) is 5.92. The smallest absolute Gasteiger partial charge is 0.269 e. The van der Waals surface area contributed by atoms with Crippen LogP contribution in [0.4, 0.5) is 0 Å². The van der Waals surface area contributed by atoms with Crippen LogP contribution in [0.15, 0.2) is 53.4 Å². The summed E-state index contributed by atoms with van der Waals surface area (Å²) in [5.74, 6) is -0.906. The van der Waals surface area contributed by atoms with E-state index in [0.717, 1.165) is 4.31 Å². The SMILES string of the molecule is CCC(C(=O)NCC(C)C)N(Cc1ccccc1Cl)C(=O)CCCN1C(=O)c2ccccc2S1(=O)=O. The van der Waals surface area contributed by atoms with Gasteiger partial charge in [-0.1, -0.05) is 62.7 Å². The fraction of sp³-hybridized carbons (Fsp3) is 0.423. The number of rotatable bonds is 11. The molecule has 0 fully saturated rings. The summed E-state index contributed by atoms with van der Waals surface area (Å²) in [6, 6.07) is 12.5. The number of fused-ring (bicyclic) bond motifs is 1. The number of carbonyl (C=O) groups is 3. The average Bonchev–Trinajstić information content (AvgIpc) is 3.04. The molecular weight excluding hydrogens is 502 g/mol. The first-order valence-corrected chi connectivity index (χ1v) is 13.9. The van der Waals surface area contributed by atoms with E-state index in [-0.39, 0.29) is 54.1 Å². The summed E-state index contributed by atoms with van der Waals surface area (Å²) in [5, 5.41) is 3.38. The summed E-state index contributed by atoms with van der Waals surface area (Å²) in [4.78, 5) is 40.5. The predicted octanol–water partition coefficient (Wildman–Crippen LogP) is 3.84. The van der Waals surface area contributed by atoms with Crippen LogP contribution >= 0.6 is 11.6 Å². The molecule has 1 unspecified atom stereocenters. The van der Waals surface area contributed by atoms with Crippen molar-refractivity contribution in [1.82, 2.24) is 14.5 Å². The van der Waals surface area contributed by atoms with E-state index in [4.69, 9.17) is 11.6 Å². The van der Waals surface area contributed by atoms with Crippen LogP contribution in [0.25, 0.3) is 0 Å². The second kappa shape index (κ2) is 11.9. The van der Waals surface area contributed by atoms with Crippen LogP contribution in [0.1, 0.15) is 56.0 Å². The van der Waals surface area contributed by atoms with Gasteiger partial charge in [-0.2, -0.15) is 0 Å². The summed E-state index contributed by atoms with van der Waals surface area (Å²) < 4.78 is 26.4. The van der Waals surface area contributed by atoms with Gasteiger partial charge in [0.15, 0.2) is 0 Å². The highest BCUT2D eigenvalue weighted by molar-refractivity contribution is 7.90. The van der Waals surface area contributed by atoms with Crippen molar-refractivity contribution in [2.24, 2.45) is 5.92 Å². The fourth-order valence-electron chi connectivity index (χ4n) is 4.12. The number of nitrogens with zero attached hydrogens (tertiary/aromatic N) is 2. The van der Waals surface area contributed by atoms with Crippen molar-refractivity contribution in [3.05, 3.63) is 64.7 Å². The molecule has 3 amide bonds. The van der Waals surface area contributed by atoms with Crippen LogP contribution in [-0.2, 0) is 26.2 Å². The van der Waals surface area contributed by atoms with E-state index in [2.05, 4.69) is 5.32 Å². The lowest BCUT2D eigenvalue weighted by atomic mass is 10.1. The maximum Gasteiger partial charge on any atom is 0.269 e. The van der Waals surface area contributed by atoms with Gasteiger partial charge < -0.3 is 10.2 Å². The molecule has 1 aliphatic rings. The first-order chi connectivity index (χ1) is 17.1. The van der Waals surface area contributed by atoms with Crippen molar-refractivity contribution in [3.63, 3.8) is 0 Å². The molecule has 8 nitrogen and oxygen atoms in total. The third-order valence-corrected chi connectivity index (χ3v) is 8.24. The lowest BCUT2D eigenvalue weighted by Gasteiger charge is -2.31. The van der Waals surface area contributed by atoms with E-state index >= 15 is 0 Å². The Hall–Kier alpha value is -2.91. The molecular formula is C26H32ClN3O5S. The largest absolute Gasteiger partial charge is 0.354 e. The topological polar surface area (TPSA) is 104 Å². The summed E-state index contributed by atoms with van der Waals surface area (Å²) >= 11 is 6.34. The number of hydrogen-bond acceptors (Lipinski definition) is 5. The average molecular weight is 534 g/mol. The molecule has 1 heterocycles. The molecule has 0 saturated heterocycles. The predicted molar refractivity (Wildman–Crippen MR) is 138 cm³/mol. The standard InChI is InChI=1S/C26H32ClN3O5S/c1-4-22(25(32)28-16-18(2)3)29(17-19-10-5-7-12-21(19)27)24(31)14-9-15-30-26(33)20-11-6-8-13-23(20)36(30,34)35/h5-8,10-13,18,22H,4,9,14-17H2,1-3H3,(H,28,32). The van der Waals surface area contributed by atoms with E-state index in [1.165, 1.54) is 17.0 Å². The van der Waals surface area contributed by atoms with Gasteiger partial charge in [0.25, 0.3) is 15.9 Å². The molecule has 3 rings (SSSR count). The molecule has 0 spiro atoms. The molecule has 0 aliphatic carbocycles. The third-order valence-electron chi connectivity index (χ3n) is 6.03. The first-order valence-electron chi connectivity index (χ1n) is 12.0. The van der Waals surface area contributed by atoms with Crippen LogP contribution in [0.2, 0.25) is 5.02 Å². The van der Waals surface area contributed by atoms with Crippen LogP contribution in [0.3, 0.4) is 0 Å². The number of sulfonamides is 1. The summed E-state index contributed by atoms with van der Waals surface area (Å²) in [6.07, 6.45) is 0.489. The van der Waals surface area contributed by atoms with E-state index < -0.39 is 22.0 Å². The highest BCUT2D eigenvalue weighted by Gasteiger charge is 2.40. The third kappa shape index (κ3) is 6.07. The second-order valence-electron chi connectivity index (χ2n) is 9.16. The number of hydrogen-bond donors (Lipinski definition) is 1. The number of halogens is 1. The Morgan fingerprint density at radius 1 is 1.08 bits per heavy atom. The van der Waals surface area contributed by atoms with Gasteiger partial charge in [0, 0.05) is 31.1 Å². The Kier molecular flexibility index (Phi) is 9.13. The number of carbonyl (C=O) groups excluding carboxylic acids is 3. The summed E-state index contributed by atoms with van der Waals surface area (Å²) in [7, 11) is -3.94. The van der Waals surface area contributed by atoms with Gasteiger partial charge in [0.2, 0.25) is 11.8 Å². The molecule has 36 heavy (non-hydrogen) atoms. The number of benzene rings is 2. The Labute approximate surface area is 217 Å². The number of amides is 3. The molecule has 1 atom stereocenters. The van der Waals surface area contributed by atoms with Crippen LogP contribution < -0.4 is 5.32 Å². The van der Waals surface area contributed by atoms with Crippen molar-refractivity contribution >= 4 is 39.3 Å². The summed E-state index contributed by atoms with van der Waals surface area (Å²) in [5.41, 5.74) is 0.840. The molecule has 0 saturated carbocycles. The van der Waals surface area contributed by atoms with Crippen LogP contribution in [-0.4, -0.2) is 54.5 Å². The first kappa shape index (κ1) is 27.7. The van der Waals surface area contributed by atoms with E-state index in [9.17, 15) is 22.8 Å². The van der Waals surface area contributed by atoms with Crippen LogP contribution in [0, 0.1) is 5.92 Å². The molecule has 0 aromatic heterocycles. The maximum atomic E-state index is 13.4. The van der Waals surface area contributed by atoms with Crippen molar-refractivity contribution in [3.8, 4) is 0 Å². The molecule has 194 valence electrons. The Morgan fingerprint density at radius 3 is 2.39 bits per heavy atom. The zero-order valence-corrected chi connectivity index (χ0v) is 22.3.